The number of hydrogen-bond donors (Lipinski definition) is 2. The van der Waals surface area contributed by atoms with Gasteiger partial charge in [0.15, 0.2) is 0 Å². The Morgan fingerprint density at radius 3 is 1.63 bits per heavy atom. The van der Waals surface area contributed by atoms with Gasteiger partial charge in [0.2, 0.25) is 0 Å². The Bertz CT molecular complexity index is 880. The van der Waals surface area contributed by atoms with Crippen LogP contribution in [0.5, 0.6) is 0 Å². The molecule has 0 saturated carbocycles. The van der Waals surface area contributed by atoms with Crippen LogP contribution in [0, 0.1) is 0 Å². The molecule has 0 unspecified atom stereocenters. The highest BCUT2D eigenvalue weighted by Gasteiger charge is 2.27. The van der Waals surface area contributed by atoms with Crippen molar-refractivity contribution >= 4 is 0 Å². The zero-order valence-corrected chi connectivity index (χ0v) is 16.1. The Kier molecular flexibility index (Phi) is 4.83. The summed E-state index contributed by atoms with van der Waals surface area (Å²) in [4.78, 5) is 0. The van der Waals surface area contributed by atoms with E-state index < -0.39 is 0 Å². The van der Waals surface area contributed by atoms with E-state index >= 15 is 0 Å². The van der Waals surface area contributed by atoms with Crippen molar-refractivity contribution < 1.29 is 4.74 Å². The SMILES string of the molecule is CC(C)(C)c1ccc([C@H]2NN[C@@H](c3ccc(-c4ccccc4)cc3)O2)cc1. The van der Waals surface area contributed by atoms with Gasteiger partial charge in [0, 0.05) is 0 Å². The van der Waals surface area contributed by atoms with Crippen molar-refractivity contribution in [1.29, 1.82) is 0 Å². The lowest BCUT2D eigenvalue weighted by molar-refractivity contribution is 0.0341. The van der Waals surface area contributed by atoms with Crippen LogP contribution in [0.4, 0.5) is 0 Å². The summed E-state index contributed by atoms with van der Waals surface area (Å²) < 4.78 is 6.18. The maximum absolute atomic E-state index is 6.18. The van der Waals surface area contributed by atoms with Crippen LogP contribution in [0.25, 0.3) is 11.1 Å². The molecule has 2 atom stereocenters. The highest BCUT2D eigenvalue weighted by atomic mass is 16.5. The predicted octanol–water partition coefficient (Wildman–Crippen LogP) is 5.47. The second kappa shape index (κ2) is 7.28. The molecule has 1 aliphatic rings. The minimum atomic E-state index is -0.165. The lowest BCUT2D eigenvalue weighted by Gasteiger charge is -2.20. The molecule has 0 spiro atoms. The van der Waals surface area contributed by atoms with Crippen molar-refractivity contribution in [2.75, 3.05) is 0 Å². The Labute approximate surface area is 161 Å². The molecule has 0 bridgehead atoms. The van der Waals surface area contributed by atoms with E-state index in [1.807, 2.05) is 6.07 Å². The summed E-state index contributed by atoms with van der Waals surface area (Å²) in [6.45, 7) is 6.68. The average Bonchev–Trinajstić information content (AvgIpc) is 3.18. The summed E-state index contributed by atoms with van der Waals surface area (Å²) >= 11 is 0. The molecule has 0 aliphatic carbocycles. The van der Waals surface area contributed by atoms with E-state index in [2.05, 4.69) is 104 Å². The molecule has 0 aromatic heterocycles. The molecule has 1 fully saturated rings. The second-order valence-electron chi connectivity index (χ2n) is 8.04. The quantitative estimate of drug-likeness (QED) is 0.651. The maximum Gasteiger partial charge on any atom is 0.149 e. The van der Waals surface area contributed by atoms with E-state index in [1.54, 1.807) is 0 Å². The van der Waals surface area contributed by atoms with E-state index in [0.29, 0.717) is 0 Å². The van der Waals surface area contributed by atoms with Gasteiger partial charge < -0.3 is 4.74 Å². The Morgan fingerprint density at radius 1 is 0.630 bits per heavy atom. The summed E-state index contributed by atoms with van der Waals surface area (Å²) in [5, 5.41) is 0. The maximum atomic E-state index is 6.18. The van der Waals surface area contributed by atoms with Gasteiger partial charge >= 0.3 is 0 Å². The number of ether oxygens (including phenoxy) is 1. The fourth-order valence-electron chi connectivity index (χ4n) is 3.32. The lowest BCUT2D eigenvalue weighted by atomic mass is 9.86. The molecule has 0 amide bonds. The van der Waals surface area contributed by atoms with Crippen molar-refractivity contribution in [3.8, 4) is 11.1 Å². The predicted molar refractivity (Wildman–Crippen MR) is 110 cm³/mol. The summed E-state index contributed by atoms with van der Waals surface area (Å²) in [6, 6.07) is 27.6. The van der Waals surface area contributed by atoms with Crippen molar-refractivity contribution in [3.05, 3.63) is 95.6 Å². The standard InChI is InChI=1S/C24H26N2O/c1-24(2,3)21-15-13-20(14-16-21)23-26-25-22(27-23)19-11-9-18(10-12-19)17-7-5-4-6-8-17/h4-16,22-23,25-26H,1-3H3/t22-,23+/m1/s1. The highest BCUT2D eigenvalue weighted by Crippen LogP contribution is 2.30. The first kappa shape index (κ1) is 17.9. The van der Waals surface area contributed by atoms with Crippen molar-refractivity contribution in [1.82, 2.24) is 10.9 Å². The molecule has 0 radical (unpaired) electrons. The summed E-state index contributed by atoms with van der Waals surface area (Å²) in [7, 11) is 0. The molecular formula is C24H26N2O. The molecule has 3 heteroatoms. The molecule has 3 nitrogen and oxygen atoms in total. The minimum absolute atomic E-state index is 0.155. The molecule has 2 N–H and O–H groups in total. The van der Waals surface area contributed by atoms with Gasteiger partial charge in [-0.25, -0.2) is 10.9 Å². The first-order chi connectivity index (χ1) is 13.0. The van der Waals surface area contributed by atoms with Crippen LogP contribution in [0.3, 0.4) is 0 Å². The summed E-state index contributed by atoms with van der Waals surface area (Å²) in [5.41, 5.74) is 12.6. The lowest BCUT2D eigenvalue weighted by Crippen LogP contribution is -2.26. The van der Waals surface area contributed by atoms with Gasteiger partial charge in [-0.3, -0.25) is 0 Å². The second-order valence-corrected chi connectivity index (χ2v) is 8.04. The van der Waals surface area contributed by atoms with Crippen LogP contribution in [-0.4, -0.2) is 0 Å². The third-order valence-electron chi connectivity index (χ3n) is 5.02. The molecule has 27 heavy (non-hydrogen) atoms. The number of rotatable bonds is 3. The van der Waals surface area contributed by atoms with Gasteiger partial charge in [-0.05, 0) is 33.2 Å². The number of hydrogen-bond acceptors (Lipinski definition) is 3. The Morgan fingerprint density at radius 2 is 1.11 bits per heavy atom. The summed E-state index contributed by atoms with van der Waals surface area (Å²) in [5.74, 6) is 0. The number of nitrogens with one attached hydrogen (secondary N) is 2. The number of hydrazine groups is 1. The van der Waals surface area contributed by atoms with Crippen molar-refractivity contribution in [3.63, 3.8) is 0 Å². The average molecular weight is 358 g/mol. The van der Waals surface area contributed by atoms with Gasteiger partial charge in [-0.15, -0.1) is 0 Å². The fourth-order valence-corrected chi connectivity index (χ4v) is 3.32. The molecular weight excluding hydrogens is 332 g/mol. The van der Waals surface area contributed by atoms with Crippen molar-refractivity contribution in [2.45, 2.75) is 38.6 Å². The largest absolute Gasteiger partial charge is 0.334 e. The first-order valence-corrected chi connectivity index (χ1v) is 9.43. The Hall–Kier alpha value is -2.46. The summed E-state index contributed by atoms with van der Waals surface area (Å²) in [6.07, 6.45) is -0.320. The van der Waals surface area contributed by atoms with Gasteiger partial charge in [-0.2, -0.15) is 0 Å². The molecule has 1 aliphatic heterocycles. The highest BCUT2D eigenvalue weighted by molar-refractivity contribution is 5.63. The smallest absolute Gasteiger partial charge is 0.149 e. The van der Waals surface area contributed by atoms with Crippen LogP contribution >= 0.6 is 0 Å². The monoisotopic (exact) mass is 358 g/mol. The van der Waals surface area contributed by atoms with E-state index in [4.69, 9.17) is 4.74 Å². The third-order valence-corrected chi connectivity index (χ3v) is 5.02. The van der Waals surface area contributed by atoms with Crippen LogP contribution in [0.2, 0.25) is 0 Å². The van der Waals surface area contributed by atoms with Gasteiger partial charge in [0.25, 0.3) is 0 Å². The minimum Gasteiger partial charge on any atom is -0.334 e. The first-order valence-electron chi connectivity index (χ1n) is 9.43. The zero-order valence-electron chi connectivity index (χ0n) is 16.1. The van der Waals surface area contributed by atoms with E-state index in [9.17, 15) is 0 Å². The van der Waals surface area contributed by atoms with Gasteiger partial charge in [0.1, 0.15) is 12.5 Å². The van der Waals surface area contributed by atoms with Crippen LogP contribution in [0.1, 0.15) is 49.9 Å². The van der Waals surface area contributed by atoms with E-state index in [1.165, 1.54) is 16.7 Å². The van der Waals surface area contributed by atoms with Crippen molar-refractivity contribution in [2.24, 2.45) is 0 Å². The van der Waals surface area contributed by atoms with Crippen LogP contribution in [0.15, 0.2) is 78.9 Å². The zero-order chi connectivity index (χ0) is 18.9. The van der Waals surface area contributed by atoms with Crippen LogP contribution < -0.4 is 10.9 Å². The van der Waals surface area contributed by atoms with Gasteiger partial charge in [0.05, 0.1) is 0 Å². The Balaban J connectivity index is 1.45. The molecule has 4 rings (SSSR count). The van der Waals surface area contributed by atoms with Gasteiger partial charge in [-0.1, -0.05) is 99.6 Å². The molecule has 3 aromatic carbocycles. The number of benzene rings is 3. The van der Waals surface area contributed by atoms with E-state index in [0.717, 1.165) is 11.1 Å². The third kappa shape index (κ3) is 3.96. The molecule has 1 saturated heterocycles. The topological polar surface area (TPSA) is 33.3 Å². The normalized spacial score (nSPS) is 20.0. The molecule has 138 valence electrons. The van der Waals surface area contributed by atoms with Crippen LogP contribution in [-0.2, 0) is 10.2 Å². The molecule has 3 aromatic rings. The fraction of sp³-hybridized carbons (Fsp3) is 0.250. The van der Waals surface area contributed by atoms with E-state index in [-0.39, 0.29) is 17.9 Å². The molecule has 1 heterocycles.